The molecule has 3 nitrogen and oxygen atoms in total. The Morgan fingerprint density at radius 3 is 2.07 bits per heavy atom. The molecule has 0 radical (unpaired) electrons. The van der Waals surface area contributed by atoms with Gasteiger partial charge in [0.2, 0.25) is 5.91 Å². The fourth-order valence-corrected chi connectivity index (χ4v) is 1.51. The largest absolute Gasteiger partial charge is 0.368 e. The Morgan fingerprint density at radius 1 is 1.29 bits per heavy atom. The van der Waals surface area contributed by atoms with Crippen LogP contribution >= 0.6 is 0 Å². The number of primary amides is 1. The van der Waals surface area contributed by atoms with Gasteiger partial charge in [-0.05, 0) is 31.7 Å². The van der Waals surface area contributed by atoms with Crippen molar-refractivity contribution in [2.75, 3.05) is 6.54 Å². The second kappa shape index (κ2) is 5.35. The summed E-state index contributed by atoms with van der Waals surface area (Å²) in [5.74, 6) is 0.736. The third-order valence-electron chi connectivity index (χ3n) is 2.26. The second-order valence-electron chi connectivity index (χ2n) is 5.07. The lowest BCUT2D eigenvalue weighted by molar-refractivity contribution is -0.124. The number of hydrogen-bond acceptors (Lipinski definition) is 2. The highest BCUT2D eigenvalue weighted by molar-refractivity contribution is 5.84. The molecule has 1 atom stereocenters. The minimum Gasteiger partial charge on any atom is -0.368 e. The van der Waals surface area contributed by atoms with Crippen LogP contribution in [0.1, 0.15) is 41.0 Å². The Kier molecular flexibility index (Phi) is 5.13. The first-order chi connectivity index (χ1) is 6.28. The van der Waals surface area contributed by atoms with E-state index in [2.05, 4.69) is 33.0 Å². The summed E-state index contributed by atoms with van der Waals surface area (Å²) in [5, 5.41) is 3.25. The molecule has 3 heteroatoms. The maximum Gasteiger partial charge on any atom is 0.237 e. The number of carbonyl (C=O) groups is 1. The van der Waals surface area contributed by atoms with E-state index in [1.54, 1.807) is 0 Å². The number of hydrogen-bond donors (Lipinski definition) is 2. The first kappa shape index (κ1) is 13.4. The Bertz CT molecular complexity index is 190. The Balaban J connectivity index is 4.32. The highest BCUT2D eigenvalue weighted by atomic mass is 16.1. The molecule has 84 valence electrons. The predicted octanol–water partition coefficient (Wildman–Crippen LogP) is 1.52. The van der Waals surface area contributed by atoms with Gasteiger partial charge in [0.05, 0.1) is 5.54 Å². The quantitative estimate of drug-likeness (QED) is 0.683. The molecule has 0 saturated heterocycles. The summed E-state index contributed by atoms with van der Waals surface area (Å²) >= 11 is 0. The normalized spacial score (nSPS) is 15.9. The van der Waals surface area contributed by atoms with Gasteiger partial charge in [0, 0.05) is 0 Å². The Hall–Kier alpha value is -0.570. The van der Waals surface area contributed by atoms with Crippen LogP contribution in [-0.2, 0) is 4.79 Å². The van der Waals surface area contributed by atoms with Gasteiger partial charge in [-0.2, -0.15) is 0 Å². The summed E-state index contributed by atoms with van der Waals surface area (Å²) in [4.78, 5) is 11.3. The van der Waals surface area contributed by atoms with Crippen molar-refractivity contribution in [3.8, 4) is 0 Å². The number of amides is 1. The summed E-state index contributed by atoms with van der Waals surface area (Å²) in [6.07, 6.45) is 0.787. The van der Waals surface area contributed by atoms with E-state index in [0.29, 0.717) is 11.8 Å². The van der Waals surface area contributed by atoms with Crippen LogP contribution in [0.4, 0.5) is 0 Å². The van der Waals surface area contributed by atoms with E-state index in [9.17, 15) is 4.79 Å². The van der Waals surface area contributed by atoms with Gasteiger partial charge in [-0.25, -0.2) is 0 Å². The van der Waals surface area contributed by atoms with Gasteiger partial charge >= 0.3 is 0 Å². The molecule has 14 heavy (non-hydrogen) atoms. The van der Waals surface area contributed by atoms with Crippen molar-refractivity contribution in [1.29, 1.82) is 0 Å². The average Bonchev–Trinajstić information content (AvgIpc) is 1.99. The molecule has 0 aromatic carbocycles. The lowest BCUT2D eigenvalue weighted by Crippen LogP contribution is -2.54. The molecule has 0 aromatic rings. The van der Waals surface area contributed by atoms with E-state index in [1.165, 1.54) is 0 Å². The minimum absolute atomic E-state index is 0.258. The molecule has 0 heterocycles. The zero-order chi connectivity index (χ0) is 11.4. The lowest BCUT2D eigenvalue weighted by atomic mass is 9.89. The fraction of sp³-hybridized carbons (Fsp3) is 0.909. The first-order valence-corrected chi connectivity index (χ1v) is 5.33. The molecule has 0 rings (SSSR count). The van der Waals surface area contributed by atoms with Crippen molar-refractivity contribution in [2.24, 2.45) is 17.6 Å². The van der Waals surface area contributed by atoms with Gasteiger partial charge in [0.15, 0.2) is 0 Å². The first-order valence-electron chi connectivity index (χ1n) is 5.33. The summed E-state index contributed by atoms with van der Waals surface area (Å²) < 4.78 is 0. The number of nitrogens with two attached hydrogens (primary N) is 1. The fourth-order valence-electron chi connectivity index (χ4n) is 1.51. The van der Waals surface area contributed by atoms with Crippen LogP contribution in [0, 0.1) is 11.8 Å². The molecule has 0 saturated carbocycles. The van der Waals surface area contributed by atoms with Crippen molar-refractivity contribution >= 4 is 5.91 Å². The van der Waals surface area contributed by atoms with Crippen molar-refractivity contribution in [3.63, 3.8) is 0 Å². The number of rotatable bonds is 6. The maximum absolute atomic E-state index is 11.3. The van der Waals surface area contributed by atoms with Gasteiger partial charge in [-0.3, -0.25) is 4.79 Å². The highest BCUT2D eigenvalue weighted by Crippen LogP contribution is 2.16. The number of nitrogens with one attached hydrogen (secondary N) is 1. The third-order valence-corrected chi connectivity index (χ3v) is 2.26. The zero-order valence-corrected chi connectivity index (χ0v) is 10.1. The summed E-state index contributed by atoms with van der Waals surface area (Å²) in [6.45, 7) is 11.1. The predicted molar refractivity (Wildman–Crippen MR) is 59.9 cm³/mol. The van der Waals surface area contributed by atoms with Gasteiger partial charge in [0.25, 0.3) is 0 Å². The number of carbonyl (C=O) groups excluding carboxylic acids is 1. The Labute approximate surface area is 87.4 Å². The van der Waals surface area contributed by atoms with Crippen LogP contribution in [0.15, 0.2) is 0 Å². The van der Waals surface area contributed by atoms with Gasteiger partial charge in [-0.1, -0.05) is 27.7 Å². The monoisotopic (exact) mass is 200 g/mol. The molecular formula is C11H24N2O. The van der Waals surface area contributed by atoms with Gasteiger partial charge in [-0.15, -0.1) is 0 Å². The van der Waals surface area contributed by atoms with Crippen LogP contribution in [0.25, 0.3) is 0 Å². The standard InChI is InChI=1S/C11H24N2O/c1-8(2)6-11(5,10(12)14)13-7-9(3)4/h8-9,13H,6-7H2,1-5H3,(H2,12,14). The Morgan fingerprint density at radius 2 is 1.79 bits per heavy atom. The molecule has 0 spiro atoms. The van der Waals surface area contributed by atoms with Crippen molar-refractivity contribution in [3.05, 3.63) is 0 Å². The van der Waals surface area contributed by atoms with Crippen molar-refractivity contribution in [1.82, 2.24) is 5.32 Å². The van der Waals surface area contributed by atoms with Crippen LogP contribution in [-0.4, -0.2) is 18.0 Å². The highest BCUT2D eigenvalue weighted by Gasteiger charge is 2.31. The molecule has 1 amide bonds. The summed E-state index contributed by atoms with van der Waals surface area (Å²) in [6, 6.07) is 0. The van der Waals surface area contributed by atoms with Crippen LogP contribution < -0.4 is 11.1 Å². The van der Waals surface area contributed by atoms with Crippen LogP contribution in [0.5, 0.6) is 0 Å². The molecule has 3 N–H and O–H groups in total. The van der Waals surface area contributed by atoms with Crippen LogP contribution in [0.2, 0.25) is 0 Å². The molecule has 0 aliphatic carbocycles. The molecule has 0 bridgehead atoms. The molecular weight excluding hydrogens is 176 g/mol. The van der Waals surface area contributed by atoms with E-state index in [0.717, 1.165) is 13.0 Å². The molecule has 0 aliphatic heterocycles. The summed E-state index contributed by atoms with van der Waals surface area (Å²) in [7, 11) is 0. The molecule has 0 aromatic heterocycles. The second-order valence-corrected chi connectivity index (χ2v) is 5.07. The van der Waals surface area contributed by atoms with Gasteiger partial charge in [0.1, 0.15) is 0 Å². The lowest BCUT2D eigenvalue weighted by Gasteiger charge is -2.30. The van der Waals surface area contributed by atoms with Crippen LogP contribution in [0.3, 0.4) is 0 Å². The van der Waals surface area contributed by atoms with E-state index in [-0.39, 0.29) is 5.91 Å². The van der Waals surface area contributed by atoms with E-state index >= 15 is 0 Å². The average molecular weight is 200 g/mol. The van der Waals surface area contributed by atoms with Crippen molar-refractivity contribution < 1.29 is 4.79 Å². The molecule has 1 unspecified atom stereocenters. The zero-order valence-electron chi connectivity index (χ0n) is 10.1. The summed E-state index contributed by atoms with van der Waals surface area (Å²) in [5.41, 5.74) is 4.85. The van der Waals surface area contributed by atoms with E-state index in [1.807, 2.05) is 6.92 Å². The van der Waals surface area contributed by atoms with E-state index in [4.69, 9.17) is 5.73 Å². The van der Waals surface area contributed by atoms with E-state index < -0.39 is 5.54 Å². The molecule has 0 fully saturated rings. The smallest absolute Gasteiger partial charge is 0.237 e. The van der Waals surface area contributed by atoms with Crippen molar-refractivity contribution in [2.45, 2.75) is 46.6 Å². The molecule has 0 aliphatic rings. The maximum atomic E-state index is 11.3. The SMILES string of the molecule is CC(C)CNC(C)(CC(C)C)C(N)=O. The topological polar surface area (TPSA) is 55.1 Å². The van der Waals surface area contributed by atoms with Gasteiger partial charge < -0.3 is 11.1 Å². The third kappa shape index (κ3) is 4.61. The minimum atomic E-state index is -0.557.